The Morgan fingerprint density at radius 3 is 2.45 bits per heavy atom. The number of rotatable bonds is 5. The van der Waals surface area contributed by atoms with E-state index in [9.17, 15) is 4.79 Å². The van der Waals surface area contributed by atoms with E-state index in [1.807, 2.05) is 43.0 Å². The molecule has 0 aromatic heterocycles. The second kappa shape index (κ2) is 7.17. The molecule has 1 fully saturated rings. The molecule has 0 atom stereocenters. The van der Waals surface area contributed by atoms with Crippen molar-refractivity contribution in [3.05, 3.63) is 24.3 Å². The quantitative estimate of drug-likeness (QED) is 0.899. The zero-order chi connectivity index (χ0) is 14.4. The minimum atomic E-state index is 0.175. The summed E-state index contributed by atoms with van der Waals surface area (Å²) in [5.74, 6) is 1.04. The molecule has 0 saturated carbocycles. The van der Waals surface area contributed by atoms with Crippen LogP contribution in [0.5, 0.6) is 5.75 Å². The number of carbonyl (C=O) groups excluding carboxylic acids is 1. The van der Waals surface area contributed by atoms with Crippen LogP contribution in [0.15, 0.2) is 24.3 Å². The Labute approximate surface area is 121 Å². The Morgan fingerprint density at radius 1 is 1.20 bits per heavy atom. The number of likely N-dealkylation sites (tertiary alicyclic amines) is 1. The SMILES string of the molecule is CC(C)Oc1ccc(NCC(=O)N2CCCCC2)cc1. The Kier molecular flexibility index (Phi) is 5.27. The van der Waals surface area contributed by atoms with Gasteiger partial charge in [0, 0.05) is 18.8 Å². The first-order valence-electron chi connectivity index (χ1n) is 7.43. The predicted molar refractivity (Wildman–Crippen MR) is 81.1 cm³/mol. The van der Waals surface area contributed by atoms with Crippen LogP contribution in [0.4, 0.5) is 5.69 Å². The number of nitrogens with one attached hydrogen (secondary N) is 1. The third-order valence-corrected chi connectivity index (χ3v) is 3.38. The molecule has 4 heteroatoms. The van der Waals surface area contributed by atoms with Gasteiger partial charge in [0.2, 0.25) is 5.91 Å². The van der Waals surface area contributed by atoms with Gasteiger partial charge in [-0.15, -0.1) is 0 Å². The van der Waals surface area contributed by atoms with Gasteiger partial charge < -0.3 is 15.0 Å². The van der Waals surface area contributed by atoms with Gasteiger partial charge in [-0.25, -0.2) is 0 Å². The Balaban J connectivity index is 1.79. The summed E-state index contributed by atoms with van der Waals surface area (Å²) in [7, 11) is 0. The molecule has 4 nitrogen and oxygen atoms in total. The lowest BCUT2D eigenvalue weighted by molar-refractivity contribution is -0.130. The number of piperidine rings is 1. The monoisotopic (exact) mass is 276 g/mol. The third kappa shape index (κ3) is 4.44. The van der Waals surface area contributed by atoms with E-state index in [1.165, 1.54) is 6.42 Å². The average Bonchev–Trinajstić information content (AvgIpc) is 2.46. The van der Waals surface area contributed by atoms with Gasteiger partial charge in [-0.3, -0.25) is 4.79 Å². The zero-order valence-electron chi connectivity index (χ0n) is 12.4. The number of carbonyl (C=O) groups is 1. The van der Waals surface area contributed by atoms with E-state index < -0.39 is 0 Å². The Bertz CT molecular complexity index is 423. The molecule has 1 aromatic rings. The highest BCUT2D eigenvalue weighted by molar-refractivity contribution is 5.80. The first-order chi connectivity index (χ1) is 9.65. The largest absolute Gasteiger partial charge is 0.491 e. The number of hydrogen-bond donors (Lipinski definition) is 1. The fourth-order valence-electron chi connectivity index (χ4n) is 2.36. The van der Waals surface area contributed by atoms with Crippen molar-refractivity contribution in [3.8, 4) is 5.75 Å². The fraction of sp³-hybridized carbons (Fsp3) is 0.562. The summed E-state index contributed by atoms with van der Waals surface area (Å²) in [6.07, 6.45) is 3.68. The van der Waals surface area contributed by atoms with Crippen LogP contribution in [0.2, 0.25) is 0 Å². The highest BCUT2D eigenvalue weighted by Crippen LogP contribution is 2.17. The van der Waals surface area contributed by atoms with Crippen LogP contribution < -0.4 is 10.1 Å². The van der Waals surface area contributed by atoms with Crippen LogP contribution in [0.3, 0.4) is 0 Å². The standard InChI is InChI=1S/C16H24N2O2/c1-13(2)20-15-8-6-14(7-9-15)17-12-16(19)18-10-4-3-5-11-18/h6-9,13,17H,3-5,10-12H2,1-2H3. The molecule has 0 aliphatic carbocycles. The van der Waals surface area contributed by atoms with E-state index >= 15 is 0 Å². The third-order valence-electron chi connectivity index (χ3n) is 3.38. The summed E-state index contributed by atoms with van der Waals surface area (Å²) in [5.41, 5.74) is 0.950. The Morgan fingerprint density at radius 2 is 1.85 bits per heavy atom. The first kappa shape index (κ1) is 14.7. The van der Waals surface area contributed by atoms with E-state index in [0.29, 0.717) is 6.54 Å². The molecule has 0 bridgehead atoms. The van der Waals surface area contributed by atoms with Gasteiger partial charge in [0.1, 0.15) is 5.75 Å². The van der Waals surface area contributed by atoms with E-state index in [0.717, 1.165) is 37.4 Å². The highest BCUT2D eigenvalue weighted by atomic mass is 16.5. The summed E-state index contributed by atoms with van der Waals surface area (Å²) in [5, 5.41) is 3.18. The Hall–Kier alpha value is -1.71. The van der Waals surface area contributed by atoms with Crippen molar-refractivity contribution in [2.24, 2.45) is 0 Å². The molecular weight excluding hydrogens is 252 g/mol. The lowest BCUT2D eigenvalue weighted by Gasteiger charge is -2.26. The summed E-state index contributed by atoms with van der Waals surface area (Å²) >= 11 is 0. The number of ether oxygens (including phenoxy) is 1. The number of hydrogen-bond acceptors (Lipinski definition) is 3. The van der Waals surface area contributed by atoms with Gasteiger partial charge in [0.25, 0.3) is 0 Å². The summed E-state index contributed by atoms with van der Waals surface area (Å²) in [4.78, 5) is 14.0. The minimum Gasteiger partial charge on any atom is -0.491 e. The van der Waals surface area contributed by atoms with E-state index in [4.69, 9.17) is 4.74 Å². The van der Waals surface area contributed by atoms with E-state index in [1.54, 1.807) is 0 Å². The van der Waals surface area contributed by atoms with Gasteiger partial charge in [0.15, 0.2) is 0 Å². The van der Waals surface area contributed by atoms with Crippen molar-refractivity contribution in [1.82, 2.24) is 4.90 Å². The number of benzene rings is 1. The van der Waals surface area contributed by atoms with Crippen molar-refractivity contribution in [1.29, 1.82) is 0 Å². The van der Waals surface area contributed by atoms with Crippen LogP contribution in [0.1, 0.15) is 33.1 Å². The molecule has 0 spiro atoms. The molecule has 1 amide bonds. The van der Waals surface area contributed by atoms with Crippen LogP contribution in [-0.4, -0.2) is 36.5 Å². The molecule has 1 aliphatic rings. The second-order valence-electron chi connectivity index (χ2n) is 5.49. The predicted octanol–water partition coefficient (Wildman–Crippen LogP) is 2.90. The van der Waals surface area contributed by atoms with Crippen molar-refractivity contribution in [2.45, 2.75) is 39.2 Å². The maximum atomic E-state index is 12.0. The van der Waals surface area contributed by atoms with Crippen molar-refractivity contribution < 1.29 is 9.53 Å². The first-order valence-corrected chi connectivity index (χ1v) is 7.43. The molecule has 1 aromatic carbocycles. The zero-order valence-corrected chi connectivity index (χ0v) is 12.4. The highest BCUT2D eigenvalue weighted by Gasteiger charge is 2.15. The maximum Gasteiger partial charge on any atom is 0.241 e. The van der Waals surface area contributed by atoms with Crippen molar-refractivity contribution in [2.75, 3.05) is 25.0 Å². The van der Waals surface area contributed by atoms with Gasteiger partial charge in [-0.2, -0.15) is 0 Å². The van der Waals surface area contributed by atoms with E-state index in [-0.39, 0.29) is 12.0 Å². The van der Waals surface area contributed by atoms with Crippen LogP contribution >= 0.6 is 0 Å². The van der Waals surface area contributed by atoms with Gasteiger partial charge >= 0.3 is 0 Å². The van der Waals surface area contributed by atoms with Crippen LogP contribution in [-0.2, 0) is 4.79 Å². The topological polar surface area (TPSA) is 41.6 Å². The summed E-state index contributed by atoms with van der Waals surface area (Å²) in [6.45, 7) is 6.18. The van der Waals surface area contributed by atoms with Crippen LogP contribution in [0.25, 0.3) is 0 Å². The molecule has 1 aliphatic heterocycles. The minimum absolute atomic E-state index is 0.175. The molecule has 1 heterocycles. The second-order valence-corrected chi connectivity index (χ2v) is 5.49. The summed E-state index contributed by atoms with van der Waals surface area (Å²) in [6, 6.07) is 7.74. The molecule has 0 unspecified atom stereocenters. The maximum absolute atomic E-state index is 12.0. The van der Waals surface area contributed by atoms with Gasteiger partial charge in [0.05, 0.1) is 12.6 Å². The average molecular weight is 276 g/mol. The molecular formula is C16H24N2O2. The number of amides is 1. The van der Waals surface area contributed by atoms with Gasteiger partial charge in [-0.05, 0) is 57.4 Å². The normalized spacial score (nSPS) is 15.2. The summed E-state index contributed by atoms with van der Waals surface area (Å²) < 4.78 is 5.59. The molecule has 2 rings (SSSR count). The smallest absolute Gasteiger partial charge is 0.241 e. The molecule has 1 N–H and O–H groups in total. The van der Waals surface area contributed by atoms with Crippen molar-refractivity contribution >= 4 is 11.6 Å². The molecule has 20 heavy (non-hydrogen) atoms. The molecule has 110 valence electrons. The number of nitrogens with zero attached hydrogens (tertiary/aromatic N) is 1. The number of anilines is 1. The lowest BCUT2D eigenvalue weighted by atomic mass is 10.1. The van der Waals surface area contributed by atoms with Gasteiger partial charge in [-0.1, -0.05) is 0 Å². The van der Waals surface area contributed by atoms with E-state index in [2.05, 4.69) is 5.32 Å². The molecule has 1 saturated heterocycles. The van der Waals surface area contributed by atoms with Crippen LogP contribution in [0, 0.1) is 0 Å². The fourth-order valence-corrected chi connectivity index (χ4v) is 2.36. The van der Waals surface area contributed by atoms with Crippen molar-refractivity contribution in [3.63, 3.8) is 0 Å². The molecule has 0 radical (unpaired) electrons. The lowest BCUT2D eigenvalue weighted by Crippen LogP contribution is -2.39.